The summed E-state index contributed by atoms with van der Waals surface area (Å²) in [6.07, 6.45) is 0.628. The van der Waals surface area contributed by atoms with E-state index in [0.717, 1.165) is 11.3 Å². The molecule has 1 aromatic rings. The summed E-state index contributed by atoms with van der Waals surface area (Å²) in [6.45, 7) is 3.95. The van der Waals surface area contributed by atoms with Gasteiger partial charge in [-0.05, 0) is 47.0 Å². The summed E-state index contributed by atoms with van der Waals surface area (Å²) in [5, 5.41) is 3.02. The number of rotatable bonds is 6. The molecule has 0 aromatic heterocycles. The smallest absolute Gasteiger partial charge is 0.152 e. The fourth-order valence-corrected chi connectivity index (χ4v) is 3.17. The van der Waals surface area contributed by atoms with Crippen molar-refractivity contribution in [1.29, 1.82) is 0 Å². The summed E-state index contributed by atoms with van der Waals surface area (Å²) in [6, 6.07) is 3.03. The maximum Gasteiger partial charge on any atom is 0.152 e. The van der Waals surface area contributed by atoms with E-state index in [4.69, 9.17) is 0 Å². The van der Waals surface area contributed by atoms with Crippen LogP contribution < -0.4 is 5.32 Å². The van der Waals surface area contributed by atoms with Gasteiger partial charge in [0.15, 0.2) is 9.84 Å². The second-order valence-corrected chi connectivity index (χ2v) is 7.32. The molecule has 0 aliphatic heterocycles. The first-order valence-electron chi connectivity index (χ1n) is 5.75. The minimum absolute atomic E-state index is 0.0925. The van der Waals surface area contributed by atoms with Gasteiger partial charge in [-0.3, -0.25) is 0 Å². The number of hydrogen-bond acceptors (Lipinski definition) is 3. The van der Waals surface area contributed by atoms with E-state index in [-0.39, 0.29) is 17.3 Å². The van der Waals surface area contributed by atoms with E-state index in [9.17, 15) is 12.8 Å². The first-order chi connectivity index (χ1) is 8.35. The van der Waals surface area contributed by atoms with E-state index < -0.39 is 9.84 Å². The van der Waals surface area contributed by atoms with Crippen molar-refractivity contribution in [1.82, 2.24) is 0 Å². The van der Waals surface area contributed by atoms with Crippen LogP contribution in [0, 0.1) is 12.7 Å². The van der Waals surface area contributed by atoms with Crippen molar-refractivity contribution in [3.05, 3.63) is 28.0 Å². The SMILES string of the molecule is CCCS(=O)(=O)CCNc1cc(Br)c(F)cc1C. The van der Waals surface area contributed by atoms with Crippen molar-refractivity contribution in [3.63, 3.8) is 0 Å². The Morgan fingerprint density at radius 2 is 2.00 bits per heavy atom. The molecule has 0 aliphatic carbocycles. The highest BCUT2D eigenvalue weighted by Crippen LogP contribution is 2.24. The van der Waals surface area contributed by atoms with Crippen LogP contribution in [0.15, 0.2) is 16.6 Å². The third-order valence-electron chi connectivity index (χ3n) is 2.51. The molecule has 0 unspecified atom stereocenters. The van der Waals surface area contributed by atoms with Crippen molar-refractivity contribution in [3.8, 4) is 0 Å². The van der Waals surface area contributed by atoms with E-state index in [0.29, 0.717) is 17.4 Å². The van der Waals surface area contributed by atoms with Gasteiger partial charge in [-0.2, -0.15) is 0 Å². The lowest BCUT2D eigenvalue weighted by molar-refractivity contribution is 0.595. The summed E-state index contributed by atoms with van der Waals surface area (Å²) >= 11 is 3.10. The minimum atomic E-state index is -2.98. The molecular weight excluding hydrogens is 321 g/mol. The lowest BCUT2D eigenvalue weighted by atomic mass is 10.2. The third-order valence-corrected chi connectivity index (χ3v) is 4.98. The van der Waals surface area contributed by atoms with Crippen LogP contribution in [0.3, 0.4) is 0 Å². The molecule has 1 N–H and O–H groups in total. The summed E-state index contributed by atoms with van der Waals surface area (Å²) < 4.78 is 36.6. The summed E-state index contributed by atoms with van der Waals surface area (Å²) in [5.41, 5.74) is 1.50. The number of sulfone groups is 1. The average molecular weight is 338 g/mol. The first kappa shape index (κ1) is 15.4. The zero-order valence-corrected chi connectivity index (χ0v) is 12.9. The van der Waals surface area contributed by atoms with Gasteiger partial charge in [0.05, 0.1) is 10.2 Å². The summed E-state index contributed by atoms with van der Waals surface area (Å²) in [5.74, 6) is -0.0209. The summed E-state index contributed by atoms with van der Waals surface area (Å²) in [4.78, 5) is 0. The highest BCUT2D eigenvalue weighted by atomic mass is 79.9. The molecule has 0 heterocycles. The van der Waals surface area contributed by atoms with Gasteiger partial charge in [0, 0.05) is 18.0 Å². The maximum absolute atomic E-state index is 13.2. The predicted octanol–water partition coefficient (Wildman–Crippen LogP) is 3.13. The Labute approximate surface area is 116 Å². The molecular formula is C12H17BrFNO2S. The van der Waals surface area contributed by atoms with Crippen LogP contribution in [0.25, 0.3) is 0 Å². The molecule has 0 saturated heterocycles. The number of aryl methyl sites for hydroxylation is 1. The van der Waals surface area contributed by atoms with Crippen LogP contribution in [0.5, 0.6) is 0 Å². The minimum Gasteiger partial charge on any atom is -0.384 e. The zero-order chi connectivity index (χ0) is 13.8. The zero-order valence-electron chi connectivity index (χ0n) is 10.5. The van der Waals surface area contributed by atoms with Crippen LogP contribution in [0.2, 0.25) is 0 Å². The fraction of sp³-hybridized carbons (Fsp3) is 0.500. The van der Waals surface area contributed by atoms with Crippen molar-refractivity contribution >= 4 is 31.5 Å². The molecule has 0 bridgehead atoms. The molecule has 1 aromatic carbocycles. The Morgan fingerprint density at radius 3 is 2.61 bits per heavy atom. The van der Waals surface area contributed by atoms with E-state index >= 15 is 0 Å². The highest BCUT2D eigenvalue weighted by molar-refractivity contribution is 9.10. The molecule has 0 fully saturated rings. The van der Waals surface area contributed by atoms with Gasteiger partial charge in [0.25, 0.3) is 0 Å². The molecule has 102 valence electrons. The molecule has 1 rings (SSSR count). The Hall–Kier alpha value is -0.620. The Balaban J connectivity index is 2.62. The van der Waals surface area contributed by atoms with Crippen LogP contribution in [0.1, 0.15) is 18.9 Å². The molecule has 0 spiro atoms. The Kier molecular flexibility index (Phi) is 5.59. The highest BCUT2D eigenvalue weighted by Gasteiger charge is 2.10. The number of anilines is 1. The largest absolute Gasteiger partial charge is 0.384 e. The van der Waals surface area contributed by atoms with Crippen LogP contribution in [-0.4, -0.2) is 26.5 Å². The average Bonchev–Trinajstić information content (AvgIpc) is 2.25. The van der Waals surface area contributed by atoms with E-state index in [1.165, 1.54) is 6.07 Å². The van der Waals surface area contributed by atoms with Gasteiger partial charge in [-0.1, -0.05) is 6.92 Å². The molecule has 0 atom stereocenters. The molecule has 6 heteroatoms. The Morgan fingerprint density at radius 1 is 1.33 bits per heavy atom. The van der Waals surface area contributed by atoms with Gasteiger partial charge < -0.3 is 5.32 Å². The summed E-state index contributed by atoms with van der Waals surface area (Å²) in [7, 11) is -2.98. The standard InChI is InChI=1S/C12H17BrFNO2S/c1-3-5-18(16,17)6-4-15-12-8-10(13)11(14)7-9(12)2/h7-8,15H,3-6H2,1-2H3. The number of nitrogens with one attached hydrogen (secondary N) is 1. The normalized spacial score (nSPS) is 11.6. The quantitative estimate of drug-likeness (QED) is 0.867. The van der Waals surface area contributed by atoms with Gasteiger partial charge >= 0.3 is 0 Å². The van der Waals surface area contributed by atoms with Crippen LogP contribution in [0.4, 0.5) is 10.1 Å². The van der Waals surface area contributed by atoms with Crippen LogP contribution in [-0.2, 0) is 9.84 Å². The van der Waals surface area contributed by atoms with E-state index in [1.807, 2.05) is 6.92 Å². The number of halogens is 2. The topological polar surface area (TPSA) is 46.2 Å². The van der Waals surface area contributed by atoms with Gasteiger partial charge in [-0.25, -0.2) is 12.8 Å². The molecule has 18 heavy (non-hydrogen) atoms. The van der Waals surface area contributed by atoms with Crippen LogP contribution >= 0.6 is 15.9 Å². The van der Waals surface area contributed by atoms with Crippen molar-refractivity contribution in [2.45, 2.75) is 20.3 Å². The molecule has 0 amide bonds. The fourth-order valence-electron chi connectivity index (χ4n) is 1.59. The molecule has 0 aliphatic rings. The van der Waals surface area contributed by atoms with Crippen molar-refractivity contribution in [2.24, 2.45) is 0 Å². The van der Waals surface area contributed by atoms with Crippen molar-refractivity contribution < 1.29 is 12.8 Å². The molecule has 0 saturated carbocycles. The van der Waals surface area contributed by atoms with E-state index in [1.54, 1.807) is 13.0 Å². The second-order valence-electron chi connectivity index (χ2n) is 4.16. The van der Waals surface area contributed by atoms with Gasteiger partial charge in [-0.15, -0.1) is 0 Å². The predicted molar refractivity (Wildman–Crippen MR) is 76.3 cm³/mol. The molecule has 3 nitrogen and oxygen atoms in total. The lowest BCUT2D eigenvalue weighted by Gasteiger charge is -2.10. The van der Waals surface area contributed by atoms with Crippen molar-refractivity contribution in [2.75, 3.05) is 23.4 Å². The lowest BCUT2D eigenvalue weighted by Crippen LogP contribution is -2.18. The monoisotopic (exact) mass is 337 g/mol. The third kappa shape index (κ3) is 4.57. The van der Waals surface area contributed by atoms with Gasteiger partial charge in [0.2, 0.25) is 0 Å². The Bertz CT molecular complexity index is 517. The number of benzene rings is 1. The van der Waals surface area contributed by atoms with E-state index in [2.05, 4.69) is 21.2 Å². The first-order valence-corrected chi connectivity index (χ1v) is 8.37. The maximum atomic E-state index is 13.2. The van der Waals surface area contributed by atoms with Gasteiger partial charge in [0.1, 0.15) is 5.82 Å². The molecule has 0 radical (unpaired) electrons. The second kappa shape index (κ2) is 6.52. The number of hydrogen-bond donors (Lipinski definition) is 1.